The highest BCUT2D eigenvalue weighted by atomic mass is 19.1. The van der Waals surface area contributed by atoms with Gasteiger partial charge in [-0.05, 0) is 60.9 Å². The SMILES string of the molecule is COc1ccc(CCc2nc3ccc(C(=O)NCCN4CCN(c5ccccc5F)CC4)cc3[nH]c2=O)cc1. The number of carbonyl (C=O) groups excluding carboxylic acids is 1. The van der Waals surface area contributed by atoms with Crippen molar-refractivity contribution < 1.29 is 13.9 Å². The number of hydrogen-bond donors (Lipinski definition) is 2. The third-order valence-electron chi connectivity index (χ3n) is 7.11. The molecule has 5 rings (SSSR count). The Balaban J connectivity index is 1.12. The Morgan fingerprint density at radius 3 is 2.54 bits per heavy atom. The summed E-state index contributed by atoms with van der Waals surface area (Å²) < 4.78 is 19.2. The van der Waals surface area contributed by atoms with Crippen LogP contribution >= 0.6 is 0 Å². The third kappa shape index (κ3) is 6.43. The first-order valence-corrected chi connectivity index (χ1v) is 13.2. The fourth-order valence-corrected chi connectivity index (χ4v) is 4.84. The molecule has 0 atom stereocenters. The lowest BCUT2D eigenvalue weighted by Gasteiger charge is -2.36. The van der Waals surface area contributed by atoms with Gasteiger partial charge in [0.25, 0.3) is 11.5 Å². The summed E-state index contributed by atoms with van der Waals surface area (Å²) >= 11 is 0. The van der Waals surface area contributed by atoms with Gasteiger partial charge < -0.3 is 19.9 Å². The second-order valence-electron chi connectivity index (χ2n) is 9.63. The maximum Gasteiger partial charge on any atom is 0.270 e. The van der Waals surface area contributed by atoms with Crippen molar-refractivity contribution in [3.8, 4) is 5.75 Å². The summed E-state index contributed by atoms with van der Waals surface area (Å²) in [5, 5.41) is 2.96. The number of methoxy groups -OCH3 is 1. The Morgan fingerprint density at radius 2 is 1.79 bits per heavy atom. The van der Waals surface area contributed by atoms with Crippen LogP contribution in [0.25, 0.3) is 11.0 Å². The largest absolute Gasteiger partial charge is 0.497 e. The van der Waals surface area contributed by atoms with Gasteiger partial charge in [0.15, 0.2) is 0 Å². The normalized spacial score (nSPS) is 13.9. The molecule has 8 nitrogen and oxygen atoms in total. The molecule has 2 N–H and O–H groups in total. The summed E-state index contributed by atoms with van der Waals surface area (Å²) in [6, 6.07) is 19.7. The Hall–Kier alpha value is -4.24. The van der Waals surface area contributed by atoms with Gasteiger partial charge in [-0.2, -0.15) is 0 Å². The molecule has 2 heterocycles. The zero-order valence-electron chi connectivity index (χ0n) is 22.0. The van der Waals surface area contributed by atoms with E-state index in [0.717, 1.165) is 37.5 Å². The maximum atomic E-state index is 14.1. The Kier molecular flexibility index (Phi) is 8.17. The molecule has 1 aliphatic rings. The molecule has 39 heavy (non-hydrogen) atoms. The highest BCUT2D eigenvalue weighted by Gasteiger charge is 2.19. The predicted molar refractivity (Wildman–Crippen MR) is 150 cm³/mol. The summed E-state index contributed by atoms with van der Waals surface area (Å²) in [5.41, 5.74) is 3.59. The lowest BCUT2D eigenvalue weighted by Crippen LogP contribution is -2.48. The summed E-state index contributed by atoms with van der Waals surface area (Å²) in [6.45, 7) is 4.28. The second-order valence-corrected chi connectivity index (χ2v) is 9.63. The van der Waals surface area contributed by atoms with Crippen LogP contribution in [0.5, 0.6) is 5.75 Å². The molecule has 9 heteroatoms. The molecule has 0 radical (unpaired) electrons. The number of hydrogen-bond acceptors (Lipinski definition) is 6. The van der Waals surface area contributed by atoms with Crippen LogP contribution in [0.15, 0.2) is 71.5 Å². The monoisotopic (exact) mass is 529 g/mol. The molecule has 3 aromatic carbocycles. The summed E-state index contributed by atoms with van der Waals surface area (Å²) in [7, 11) is 1.63. The van der Waals surface area contributed by atoms with E-state index in [0.29, 0.717) is 53.9 Å². The van der Waals surface area contributed by atoms with Gasteiger partial charge in [0.1, 0.15) is 17.3 Å². The van der Waals surface area contributed by atoms with E-state index in [1.165, 1.54) is 6.07 Å². The Morgan fingerprint density at radius 1 is 1.03 bits per heavy atom. The zero-order valence-corrected chi connectivity index (χ0v) is 22.0. The van der Waals surface area contributed by atoms with Crippen LogP contribution in [0, 0.1) is 5.82 Å². The van der Waals surface area contributed by atoms with E-state index in [-0.39, 0.29) is 17.3 Å². The van der Waals surface area contributed by atoms with E-state index in [2.05, 4.69) is 25.1 Å². The number of benzene rings is 3. The average Bonchev–Trinajstić information content (AvgIpc) is 2.96. The van der Waals surface area contributed by atoms with Crippen molar-refractivity contribution in [3.63, 3.8) is 0 Å². The first kappa shape index (κ1) is 26.4. The number of halogens is 1. The van der Waals surface area contributed by atoms with Gasteiger partial charge >= 0.3 is 0 Å². The first-order chi connectivity index (χ1) is 19.0. The number of aromatic amines is 1. The number of H-pyrrole nitrogens is 1. The van der Waals surface area contributed by atoms with Gasteiger partial charge in [-0.1, -0.05) is 24.3 Å². The van der Waals surface area contributed by atoms with Crippen LogP contribution in [0.3, 0.4) is 0 Å². The van der Waals surface area contributed by atoms with Gasteiger partial charge in [0, 0.05) is 44.8 Å². The number of nitrogens with one attached hydrogen (secondary N) is 2. The van der Waals surface area contributed by atoms with E-state index in [9.17, 15) is 14.0 Å². The molecule has 0 spiro atoms. The van der Waals surface area contributed by atoms with Crippen LogP contribution in [0.4, 0.5) is 10.1 Å². The molecule has 1 amide bonds. The van der Waals surface area contributed by atoms with Crippen molar-refractivity contribution in [2.45, 2.75) is 12.8 Å². The maximum absolute atomic E-state index is 14.1. The van der Waals surface area contributed by atoms with E-state index in [1.54, 1.807) is 37.4 Å². The van der Waals surface area contributed by atoms with E-state index in [4.69, 9.17) is 4.74 Å². The number of fused-ring (bicyclic) bond motifs is 1. The smallest absolute Gasteiger partial charge is 0.270 e. The lowest BCUT2D eigenvalue weighted by molar-refractivity contribution is 0.0948. The van der Waals surface area contributed by atoms with Crippen LogP contribution in [0.2, 0.25) is 0 Å². The van der Waals surface area contributed by atoms with Gasteiger partial charge in [-0.3, -0.25) is 14.5 Å². The van der Waals surface area contributed by atoms with Crippen molar-refractivity contribution in [2.75, 3.05) is 51.3 Å². The average molecular weight is 530 g/mol. The standard InChI is InChI=1S/C30H32FN5O3/c1-39-23-10-6-21(7-11-23)8-12-26-30(38)34-27-20-22(9-13-25(27)33-26)29(37)32-14-15-35-16-18-36(19-17-35)28-5-3-2-4-24(28)31/h2-7,9-11,13,20H,8,12,14-19H2,1H3,(H,32,37)(H,34,38). The second kappa shape index (κ2) is 12.1. The van der Waals surface area contributed by atoms with Crippen LogP contribution in [-0.4, -0.2) is 67.2 Å². The van der Waals surface area contributed by atoms with Crippen molar-refractivity contribution >= 4 is 22.6 Å². The molecule has 1 fully saturated rings. The molecule has 0 bridgehead atoms. The summed E-state index contributed by atoms with van der Waals surface area (Å²) in [4.78, 5) is 37.1. The molecular formula is C30H32FN5O3. The minimum Gasteiger partial charge on any atom is -0.497 e. The Labute approximate surface area is 226 Å². The third-order valence-corrected chi connectivity index (χ3v) is 7.11. The molecule has 0 saturated carbocycles. The molecular weight excluding hydrogens is 497 g/mol. The van der Waals surface area contributed by atoms with Gasteiger partial charge in [-0.25, -0.2) is 9.37 Å². The fourth-order valence-electron chi connectivity index (χ4n) is 4.84. The Bertz CT molecular complexity index is 1500. The van der Waals surface area contributed by atoms with Crippen molar-refractivity contribution in [3.05, 3.63) is 99.7 Å². The lowest BCUT2D eigenvalue weighted by atomic mass is 10.1. The molecule has 1 aliphatic heterocycles. The number of carbonyl (C=O) groups is 1. The van der Waals surface area contributed by atoms with E-state index in [1.807, 2.05) is 30.3 Å². The van der Waals surface area contributed by atoms with Gasteiger partial charge in [0.2, 0.25) is 0 Å². The van der Waals surface area contributed by atoms with Crippen LogP contribution < -0.4 is 20.5 Å². The van der Waals surface area contributed by atoms with Crippen molar-refractivity contribution in [2.24, 2.45) is 0 Å². The van der Waals surface area contributed by atoms with E-state index < -0.39 is 0 Å². The molecule has 0 aliphatic carbocycles. The van der Waals surface area contributed by atoms with Crippen LogP contribution in [-0.2, 0) is 12.8 Å². The highest BCUT2D eigenvalue weighted by Crippen LogP contribution is 2.20. The number of piperazine rings is 1. The highest BCUT2D eigenvalue weighted by molar-refractivity contribution is 5.97. The number of amides is 1. The topological polar surface area (TPSA) is 90.6 Å². The molecule has 1 aromatic heterocycles. The quantitative estimate of drug-likeness (QED) is 0.346. The summed E-state index contributed by atoms with van der Waals surface area (Å²) in [6.07, 6.45) is 1.19. The number of aromatic nitrogens is 2. The number of ether oxygens (including phenoxy) is 1. The number of rotatable bonds is 9. The van der Waals surface area contributed by atoms with Crippen molar-refractivity contribution in [1.82, 2.24) is 20.2 Å². The van der Waals surface area contributed by atoms with Gasteiger partial charge in [-0.15, -0.1) is 0 Å². The van der Waals surface area contributed by atoms with E-state index >= 15 is 0 Å². The number of aryl methyl sites for hydroxylation is 2. The minimum atomic E-state index is -0.247. The van der Waals surface area contributed by atoms with Crippen molar-refractivity contribution in [1.29, 1.82) is 0 Å². The summed E-state index contributed by atoms with van der Waals surface area (Å²) in [5.74, 6) is 0.390. The predicted octanol–water partition coefficient (Wildman–Crippen LogP) is 3.41. The molecule has 0 unspecified atom stereocenters. The molecule has 1 saturated heterocycles. The zero-order chi connectivity index (χ0) is 27.2. The fraction of sp³-hybridized carbons (Fsp3) is 0.300. The number of para-hydroxylation sites is 1. The molecule has 4 aromatic rings. The van der Waals surface area contributed by atoms with Crippen LogP contribution in [0.1, 0.15) is 21.6 Å². The number of nitrogens with zero attached hydrogens (tertiary/aromatic N) is 3. The first-order valence-electron chi connectivity index (χ1n) is 13.2. The number of anilines is 1. The minimum absolute atomic E-state index is 0.199. The van der Waals surface area contributed by atoms with Gasteiger partial charge in [0.05, 0.1) is 23.8 Å². The molecule has 202 valence electrons.